The van der Waals surface area contributed by atoms with Crippen LogP contribution in [-0.2, 0) is 0 Å². The van der Waals surface area contributed by atoms with E-state index in [0.29, 0.717) is 17.2 Å². The number of nitrogen functional groups attached to an aromatic ring is 1. The van der Waals surface area contributed by atoms with Gasteiger partial charge in [-0.05, 0) is 30.3 Å². The first-order chi connectivity index (χ1) is 8.06. The lowest BCUT2D eigenvalue weighted by molar-refractivity contribution is 1.03. The molecule has 4 heteroatoms. The van der Waals surface area contributed by atoms with E-state index in [0.717, 1.165) is 5.69 Å². The first-order valence-electron chi connectivity index (χ1n) is 5.53. The molecule has 1 aromatic carbocycles. The molecule has 0 aliphatic heterocycles. The first-order valence-corrected chi connectivity index (χ1v) is 5.53. The average molecular weight is 234 g/mol. The molecule has 0 fully saturated rings. The molecular formula is C13H22N4. The number of hydrogen-bond acceptors (Lipinski definition) is 4. The van der Waals surface area contributed by atoms with Crippen molar-refractivity contribution >= 4 is 11.4 Å². The molecule has 0 saturated heterocycles. The standard InChI is InChI=1S/C11H16N4.C2H6/c1-3-10(13)11(14)15(2)9-6-4-8(12)5-7-9;1-2/h3-7H,1,12-14H2,2H3;1-2H3/b11-10+;. The summed E-state index contributed by atoms with van der Waals surface area (Å²) >= 11 is 0. The Morgan fingerprint density at radius 2 is 1.65 bits per heavy atom. The molecular weight excluding hydrogens is 212 g/mol. The van der Waals surface area contributed by atoms with E-state index in [1.807, 2.05) is 45.2 Å². The maximum atomic E-state index is 5.82. The second-order valence-electron chi connectivity index (χ2n) is 3.20. The van der Waals surface area contributed by atoms with Gasteiger partial charge in [0, 0.05) is 18.4 Å². The molecule has 0 aliphatic carbocycles. The quantitative estimate of drug-likeness (QED) is 0.552. The fourth-order valence-electron chi connectivity index (χ4n) is 1.14. The molecule has 0 unspecified atom stereocenters. The van der Waals surface area contributed by atoms with Crippen LogP contribution in [0.2, 0.25) is 0 Å². The van der Waals surface area contributed by atoms with Gasteiger partial charge in [0.2, 0.25) is 0 Å². The Labute approximate surface area is 103 Å². The first kappa shape index (κ1) is 14.9. The molecule has 0 bridgehead atoms. The van der Waals surface area contributed by atoms with Gasteiger partial charge in [-0.3, -0.25) is 0 Å². The Bertz CT molecular complexity index is 379. The van der Waals surface area contributed by atoms with Gasteiger partial charge in [-0.1, -0.05) is 20.4 Å². The minimum absolute atomic E-state index is 0.453. The molecule has 17 heavy (non-hydrogen) atoms. The number of anilines is 2. The van der Waals surface area contributed by atoms with Crippen LogP contribution in [-0.4, -0.2) is 7.05 Å². The second kappa shape index (κ2) is 7.22. The van der Waals surface area contributed by atoms with Gasteiger partial charge in [-0.2, -0.15) is 0 Å². The van der Waals surface area contributed by atoms with Crippen molar-refractivity contribution in [3.05, 3.63) is 48.4 Å². The normalized spacial score (nSPS) is 10.8. The molecule has 0 heterocycles. The summed E-state index contributed by atoms with van der Waals surface area (Å²) in [5, 5.41) is 0. The highest BCUT2D eigenvalue weighted by molar-refractivity contribution is 5.56. The highest BCUT2D eigenvalue weighted by atomic mass is 15.2. The molecule has 0 saturated carbocycles. The SMILES string of the molecule is C=C/C(N)=C(/N)N(C)c1ccc(N)cc1.CC. The molecule has 0 radical (unpaired) electrons. The predicted octanol–water partition coefficient (Wildman–Crippen LogP) is 2.00. The van der Waals surface area contributed by atoms with Gasteiger partial charge in [0.25, 0.3) is 0 Å². The van der Waals surface area contributed by atoms with Crippen LogP contribution in [0, 0.1) is 0 Å². The van der Waals surface area contributed by atoms with Gasteiger partial charge in [0.1, 0.15) is 5.82 Å². The molecule has 0 spiro atoms. The highest BCUT2D eigenvalue weighted by Crippen LogP contribution is 2.17. The van der Waals surface area contributed by atoms with Crippen LogP contribution in [0.3, 0.4) is 0 Å². The van der Waals surface area contributed by atoms with Crippen LogP contribution in [0.1, 0.15) is 13.8 Å². The monoisotopic (exact) mass is 234 g/mol. The van der Waals surface area contributed by atoms with E-state index >= 15 is 0 Å². The summed E-state index contributed by atoms with van der Waals surface area (Å²) in [7, 11) is 1.83. The van der Waals surface area contributed by atoms with Gasteiger partial charge in [-0.25, -0.2) is 0 Å². The average Bonchev–Trinajstić information content (AvgIpc) is 2.39. The maximum absolute atomic E-state index is 5.82. The number of nitrogens with two attached hydrogens (primary N) is 3. The number of benzene rings is 1. The topological polar surface area (TPSA) is 81.3 Å². The van der Waals surface area contributed by atoms with Gasteiger partial charge in [0.05, 0.1) is 5.70 Å². The van der Waals surface area contributed by atoms with Gasteiger partial charge >= 0.3 is 0 Å². The number of allylic oxidation sites excluding steroid dienone is 1. The Kier molecular flexibility index (Phi) is 6.33. The van der Waals surface area contributed by atoms with Crippen LogP contribution < -0.4 is 22.1 Å². The summed E-state index contributed by atoms with van der Waals surface area (Å²) in [6.45, 7) is 7.56. The van der Waals surface area contributed by atoms with Crippen molar-refractivity contribution in [1.29, 1.82) is 0 Å². The third-order valence-corrected chi connectivity index (χ3v) is 2.16. The zero-order chi connectivity index (χ0) is 13.4. The molecule has 0 aliphatic rings. The molecule has 1 rings (SSSR count). The summed E-state index contributed by atoms with van der Waals surface area (Å²) in [5.74, 6) is 0.467. The molecule has 0 aromatic heterocycles. The summed E-state index contributed by atoms with van der Waals surface area (Å²) < 4.78 is 0. The van der Waals surface area contributed by atoms with Crippen molar-refractivity contribution < 1.29 is 0 Å². The summed E-state index contributed by atoms with van der Waals surface area (Å²) in [6.07, 6.45) is 1.52. The van der Waals surface area contributed by atoms with Crippen molar-refractivity contribution in [2.45, 2.75) is 13.8 Å². The Hall–Kier alpha value is -2.10. The summed E-state index contributed by atoms with van der Waals surface area (Å²) in [5.41, 5.74) is 19.2. The fraction of sp³-hybridized carbons (Fsp3) is 0.231. The molecule has 1 aromatic rings. The maximum Gasteiger partial charge on any atom is 0.127 e. The van der Waals surface area contributed by atoms with E-state index in [4.69, 9.17) is 17.2 Å². The van der Waals surface area contributed by atoms with E-state index in [-0.39, 0.29) is 0 Å². The van der Waals surface area contributed by atoms with Crippen molar-refractivity contribution in [2.75, 3.05) is 17.7 Å². The summed E-state index contributed by atoms with van der Waals surface area (Å²) in [6, 6.07) is 7.36. The summed E-state index contributed by atoms with van der Waals surface area (Å²) in [4.78, 5) is 1.77. The van der Waals surface area contributed by atoms with Crippen molar-refractivity contribution in [1.82, 2.24) is 0 Å². The Balaban J connectivity index is 0.00000121. The van der Waals surface area contributed by atoms with Crippen molar-refractivity contribution in [2.24, 2.45) is 11.5 Å². The molecule has 94 valence electrons. The van der Waals surface area contributed by atoms with Gasteiger partial charge < -0.3 is 22.1 Å². The molecule has 0 atom stereocenters. The zero-order valence-electron chi connectivity index (χ0n) is 10.8. The Morgan fingerprint density at radius 1 is 1.18 bits per heavy atom. The van der Waals surface area contributed by atoms with Crippen LogP contribution in [0.15, 0.2) is 48.4 Å². The van der Waals surface area contributed by atoms with Crippen LogP contribution >= 0.6 is 0 Å². The molecule has 0 amide bonds. The smallest absolute Gasteiger partial charge is 0.127 e. The number of hydrogen-bond donors (Lipinski definition) is 3. The van der Waals surface area contributed by atoms with E-state index in [1.165, 1.54) is 6.08 Å². The molecule has 4 nitrogen and oxygen atoms in total. The van der Waals surface area contributed by atoms with E-state index in [9.17, 15) is 0 Å². The van der Waals surface area contributed by atoms with Crippen molar-refractivity contribution in [3.63, 3.8) is 0 Å². The number of nitrogens with zero attached hydrogens (tertiary/aromatic N) is 1. The lowest BCUT2D eigenvalue weighted by Gasteiger charge is -2.20. The van der Waals surface area contributed by atoms with Gasteiger partial charge in [-0.15, -0.1) is 0 Å². The second-order valence-corrected chi connectivity index (χ2v) is 3.20. The third kappa shape index (κ3) is 4.10. The van der Waals surface area contributed by atoms with E-state index < -0.39 is 0 Å². The van der Waals surface area contributed by atoms with Crippen LogP contribution in [0.25, 0.3) is 0 Å². The Morgan fingerprint density at radius 3 is 2.06 bits per heavy atom. The van der Waals surface area contributed by atoms with Crippen LogP contribution in [0.4, 0.5) is 11.4 Å². The lowest BCUT2D eigenvalue weighted by atomic mass is 10.2. The fourth-order valence-corrected chi connectivity index (χ4v) is 1.14. The highest BCUT2D eigenvalue weighted by Gasteiger charge is 2.05. The van der Waals surface area contributed by atoms with Crippen molar-refractivity contribution in [3.8, 4) is 0 Å². The third-order valence-electron chi connectivity index (χ3n) is 2.16. The molecule has 6 N–H and O–H groups in total. The lowest BCUT2D eigenvalue weighted by Crippen LogP contribution is -2.26. The predicted molar refractivity (Wildman–Crippen MR) is 76.2 cm³/mol. The van der Waals surface area contributed by atoms with Gasteiger partial charge in [0.15, 0.2) is 0 Å². The van der Waals surface area contributed by atoms with E-state index in [2.05, 4.69) is 6.58 Å². The minimum Gasteiger partial charge on any atom is -0.399 e. The minimum atomic E-state index is 0.453. The zero-order valence-corrected chi connectivity index (χ0v) is 10.8. The number of rotatable bonds is 3. The van der Waals surface area contributed by atoms with Crippen LogP contribution in [0.5, 0.6) is 0 Å². The largest absolute Gasteiger partial charge is 0.399 e. The van der Waals surface area contributed by atoms with E-state index in [1.54, 1.807) is 4.90 Å².